The van der Waals surface area contributed by atoms with Gasteiger partial charge in [0.05, 0.1) is 11.5 Å². The van der Waals surface area contributed by atoms with Crippen LogP contribution in [-0.4, -0.2) is 54.7 Å². The molecular formula is C19H31N2O7+. The summed E-state index contributed by atoms with van der Waals surface area (Å²) in [7, 11) is 0. The topological polar surface area (TPSA) is 122 Å². The zero-order valence-corrected chi connectivity index (χ0v) is 17.7. The molecule has 1 N–H and O–H groups in total. The molecule has 0 aliphatic carbocycles. The van der Waals surface area contributed by atoms with E-state index < -0.39 is 41.4 Å². The summed E-state index contributed by atoms with van der Waals surface area (Å²) >= 11 is 0. The predicted molar refractivity (Wildman–Crippen MR) is 104 cm³/mol. The van der Waals surface area contributed by atoms with Gasteiger partial charge in [0.15, 0.2) is 0 Å². The Hall–Kier alpha value is -2.67. The summed E-state index contributed by atoms with van der Waals surface area (Å²) in [5.74, 6) is -3.18. The van der Waals surface area contributed by atoms with Gasteiger partial charge in [-0.15, -0.1) is 4.67 Å². The number of hydrogen-bond acceptors (Lipinski definition) is 7. The minimum Gasteiger partial charge on any atom is -0.461 e. The van der Waals surface area contributed by atoms with E-state index >= 15 is 0 Å². The van der Waals surface area contributed by atoms with Gasteiger partial charge in [-0.3, -0.25) is 9.59 Å². The van der Waals surface area contributed by atoms with Crippen LogP contribution in [0.5, 0.6) is 0 Å². The van der Waals surface area contributed by atoms with E-state index in [1.54, 1.807) is 34.6 Å². The summed E-state index contributed by atoms with van der Waals surface area (Å²) in [6.07, 6.45) is -0.448. The molecule has 0 bridgehead atoms. The molecule has 1 amide bonds. The van der Waals surface area contributed by atoms with Crippen molar-refractivity contribution >= 4 is 36.7 Å². The van der Waals surface area contributed by atoms with Crippen molar-refractivity contribution in [3.05, 3.63) is 0 Å². The van der Waals surface area contributed by atoms with Gasteiger partial charge in [-0.25, -0.2) is 9.59 Å². The molecular weight excluding hydrogens is 368 g/mol. The average molecular weight is 399 g/mol. The third kappa shape index (κ3) is 10.5. The van der Waals surface area contributed by atoms with Crippen molar-refractivity contribution in [1.29, 1.82) is 0 Å². The number of Topliss-reactive ketones (excluding diaryl/α,β-unsaturated/α-hetero) is 1. The van der Waals surface area contributed by atoms with Gasteiger partial charge >= 0.3 is 24.2 Å². The number of nitrogens with zero attached hydrogens (tertiary/aromatic N) is 1. The van der Waals surface area contributed by atoms with Crippen LogP contribution in [0.3, 0.4) is 0 Å². The molecule has 0 aromatic heterocycles. The first-order valence-electron chi connectivity index (χ1n) is 8.93. The molecule has 28 heavy (non-hydrogen) atoms. The number of carbonyl (C=O) groups is 4. The van der Waals surface area contributed by atoms with Crippen LogP contribution in [0.1, 0.15) is 61.3 Å². The molecule has 0 radical (unpaired) electrons. The predicted octanol–water partition coefficient (Wildman–Crippen LogP) is 1.55. The number of carbonyl (C=O) groups excluding carboxylic acids is 4. The quantitative estimate of drug-likeness (QED) is 0.270. The second-order valence-corrected chi connectivity index (χ2v) is 7.93. The summed E-state index contributed by atoms with van der Waals surface area (Å²) in [6.45, 7) is 14.3. The second kappa shape index (κ2) is 10.6. The molecule has 0 aromatic rings. The minimum absolute atomic E-state index is 0.0201. The summed E-state index contributed by atoms with van der Waals surface area (Å²) in [5, 5.41) is 2.35. The Balaban J connectivity index is 5.05. The fourth-order valence-electron chi connectivity index (χ4n) is 1.81. The standard InChI is InChI=1S/C19H30N2O7/c1-12(2)26-15(23)14(10-9-13(22)11-20-8)21-17(25)28-19(6,7)27-16(24)18(3,4)5/h11-12,14H,8-10H2,1-7H3/p+1/t14-/m0/s1. The van der Waals surface area contributed by atoms with Crippen LogP contribution in [0.15, 0.2) is 0 Å². The summed E-state index contributed by atoms with van der Waals surface area (Å²) < 4.78 is 18.8. The van der Waals surface area contributed by atoms with Gasteiger partial charge in [-0.1, -0.05) is 0 Å². The maximum atomic E-state index is 12.2. The molecule has 9 heteroatoms. The number of amides is 1. The lowest BCUT2D eigenvalue weighted by molar-refractivity contribution is -0.203. The van der Waals surface area contributed by atoms with Crippen molar-refractivity contribution in [2.45, 2.75) is 79.2 Å². The number of hydrogen-bond donors (Lipinski definition) is 1. The van der Waals surface area contributed by atoms with E-state index in [0.717, 1.165) is 6.21 Å². The highest BCUT2D eigenvalue weighted by atomic mass is 16.7. The molecule has 0 aliphatic rings. The molecule has 158 valence electrons. The maximum absolute atomic E-state index is 12.2. The van der Waals surface area contributed by atoms with Crippen molar-refractivity contribution in [1.82, 2.24) is 9.98 Å². The Morgan fingerprint density at radius 2 is 1.64 bits per heavy atom. The molecule has 9 nitrogen and oxygen atoms in total. The molecule has 0 heterocycles. The van der Waals surface area contributed by atoms with Crippen molar-refractivity contribution < 1.29 is 33.4 Å². The smallest absolute Gasteiger partial charge is 0.411 e. The van der Waals surface area contributed by atoms with E-state index in [9.17, 15) is 19.2 Å². The van der Waals surface area contributed by atoms with E-state index in [-0.39, 0.29) is 18.6 Å². The molecule has 0 spiro atoms. The van der Waals surface area contributed by atoms with Gasteiger partial charge < -0.3 is 19.5 Å². The van der Waals surface area contributed by atoms with E-state index in [0.29, 0.717) is 0 Å². The third-order valence-electron chi connectivity index (χ3n) is 3.13. The van der Waals surface area contributed by atoms with E-state index in [1.807, 2.05) is 0 Å². The van der Waals surface area contributed by atoms with Crippen molar-refractivity contribution in [2.75, 3.05) is 0 Å². The Bertz CT molecular complexity index is 641. The number of ketones is 1. The van der Waals surface area contributed by atoms with Gasteiger partial charge in [0.25, 0.3) is 12.5 Å². The second-order valence-electron chi connectivity index (χ2n) is 7.93. The first-order valence-corrected chi connectivity index (χ1v) is 8.93. The van der Waals surface area contributed by atoms with Gasteiger partial charge in [-0.05, 0) is 41.0 Å². The van der Waals surface area contributed by atoms with Crippen molar-refractivity contribution in [3.63, 3.8) is 0 Å². The SMILES string of the molecule is C=[N+]=CC(=O)CC[C@H](NC(=O)OC(C)(C)OC(=O)C(C)(C)C)C(=O)OC(C)C. The Morgan fingerprint density at radius 1 is 1.07 bits per heavy atom. The highest BCUT2D eigenvalue weighted by Crippen LogP contribution is 2.21. The van der Waals surface area contributed by atoms with Crippen LogP contribution in [0.25, 0.3) is 0 Å². The van der Waals surface area contributed by atoms with Crippen LogP contribution in [0.2, 0.25) is 0 Å². The number of esters is 2. The van der Waals surface area contributed by atoms with Crippen molar-refractivity contribution in [2.24, 2.45) is 5.41 Å². The van der Waals surface area contributed by atoms with Crippen LogP contribution in [0.4, 0.5) is 4.79 Å². The lowest BCUT2D eigenvalue weighted by Crippen LogP contribution is -2.47. The first kappa shape index (κ1) is 25.3. The first-order chi connectivity index (χ1) is 12.7. The number of rotatable bonds is 9. The van der Waals surface area contributed by atoms with Gasteiger partial charge in [0.2, 0.25) is 5.78 Å². The highest BCUT2D eigenvalue weighted by Gasteiger charge is 2.34. The fourth-order valence-corrected chi connectivity index (χ4v) is 1.81. The van der Waals surface area contributed by atoms with Gasteiger partial charge in [-0.2, -0.15) is 0 Å². The van der Waals surface area contributed by atoms with Crippen molar-refractivity contribution in [3.8, 4) is 0 Å². The Kier molecular flexibility index (Phi) is 9.60. The van der Waals surface area contributed by atoms with E-state index in [1.165, 1.54) is 13.8 Å². The van der Waals surface area contributed by atoms with Crippen LogP contribution in [0, 0.1) is 5.41 Å². The fraction of sp³-hybridized carbons (Fsp3) is 0.684. The lowest BCUT2D eigenvalue weighted by atomic mass is 9.97. The molecule has 0 saturated heterocycles. The molecule has 0 rings (SSSR count). The molecule has 0 fully saturated rings. The number of nitrogens with one attached hydrogen (secondary N) is 1. The summed E-state index contributed by atoms with van der Waals surface area (Å²) in [6, 6.07) is -1.12. The Labute approximate surface area is 165 Å². The summed E-state index contributed by atoms with van der Waals surface area (Å²) in [4.78, 5) is 48.0. The van der Waals surface area contributed by atoms with E-state index in [4.69, 9.17) is 14.2 Å². The van der Waals surface area contributed by atoms with Crippen LogP contribution < -0.4 is 9.98 Å². The molecule has 0 aliphatic heterocycles. The molecule has 0 aromatic carbocycles. The Morgan fingerprint density at radius 3 is 2.11 bits per heavy atom. The summed E-state index contributed by atoms with van der Waals surface area (Å²) in [5.41, 5.74) is -0.781. The third-order valence-corrected chi connectivity index (χ3v) is 3.13. The minimum atomic E-state index is -1.56. The molecule has 0 unspecified atom stereocenters. The average Bonchev–Trinajstić information content (AvgIpc) is 2.48. The monoisotopic (exact) mass is 399 g/mol. The zero-order valence-electron chi connectivity index (χ0n) is 17.7. The number of ether oxygens (including phenoxy) is 3. The van der Waals surface area contributed by atoms with Crippen LogP contribution >= 0.6 is 0 Å². The lowest BCUT2D eigenvalue weighted by Gasteiger charge is -2.29. The highest BCUT2D eigenvalue weighted by molar-refractivity contribution is 6.27. The molecule has 0 saturated carbocycles. The molecule has 1 atom stereocenters. The maximum Gasteiger partial charge on any atom is 0.411 e. The zero-order chi connectivity index (χ0) is 22.1. The van der Waals surface area contributed by atoms with Crippen LogP contribution in [-0.2, 0) is 28.6 Å². The van der Waals surface area contributed by atoms with Gasteiger partial charge in [0, 0.05) is 20.3 Å². The van der Waals surface area contributed by atoms with E-state index in [2.05, 4.69) is 16.7 Å². The van der Waals surface area contributed by atoms with Gasteiger partial charge in [0.1, 0.15) is 6.04 Å². The largest absolute Gasteiger partial charge is 0.461 e. The number of alkyl carbamates (subject to hydrolysis) is 1. The normalized spacial score (nSPS) is 12.4.